The third kappa shape index (κ3) is 5.82. The van der Waals surface area contributed by atoms with E-state index < -0.39 is 0 Å². The summed E-state index contributed by atoms with van der Waals surface area (Å²) in [6, 6.07) is 19.4. The molecule has 3 aromatic carbocycles. The summed E-state index contributed by atoms with van der Waals surface area (Å²) in [4.78, 5) is 37.2. The van der Waals surface area contributed by atoms with Crippen LogP contribution in [0.5, 0.6) is 5.75 Å². The predicted octanol–water partition coefficient (Wildman–Crippen LogP) is 6.23. The highest BCUT2D eigenvalue weighted by Gasteiger charge is 2.21. The molecule has 14 nitrogen and oxygen atoms in total. The molecule has 10 rings (SSSR count). The summed E-state index contributed by atoms with van der Waals surface area (Å²) >= 11 is 9.11. The van der Waals surface area contributed by atoms with Crippen LogP contribution < -0.4 is 15.9 Å². The molecule has 0 radical (unpaired) electrons. The Labute approximate surface area is 341 Å². The SMILES string of the molecule is COc1cc(Cn2ncc3c4sc(Cc5ccc(Cl)cc5)nc4n(C)c3c2=O)ccc1-n1ncc2c(Cn3ncc4c5sc(CCO)nc5n(C)c4c3=O)cccc21. The van der Waals surface area contributed by atoms with Crippen LogP contribution in [-0.4, -0.2) is 67.3 Å². The van der Waals surface area contributed by atoms with Crippen LogP contribution in [0.4, 0.5) is 0 Å². The molecule has 58 heavy (non-hydrogen) atoms. The average Bonchev–Trinajstić information content (AvgIpc) is 4.04. The summed E-state index contributed by atoms with van der Waals surface area (Å²) in [5.41, 5.74) is 6.48. The Bertz CT molecular complexity index is 3370. The molecule has 17 heteroatoms. The minimum absolute atomic E-state index is 0.0158. The molecule has 0 aliphatic carbocycles. The van der Waals surface area contributed by atoms with E-state index in [0.29, 0.717) is 46.0 Å². The van der Waals surface area contributed by atoms with Crippen LogP contribution in [-0.2, 0) is 40.0 Å². The van der Waals surface area contributed by atoms with Gasteiger partial charge in [0.2, 0.25) is 0 Å². The van der Waals surface area contributed by atoms with Crippen molar-refractivity contribution >= 4 is 87.7 Å². The number of rotatable bonds is 10. The minimum Gasteiger partial charge on any atom is -0.494 e. The third-order valence-electron chi connectivity index (χ3n) is 10.6. The number of ether oxygens (including phenoxy) is 1. The number of hydrogen-bond donors (Lipinski definition) is 1. The molecule has 7 heterocycles. The number of thiazole rings is 2. The fourth-order valence-electron chi connectivity index (χ4n) is 7.72. The maximum Gasteiger partial charge on any atom is 0.291 e. The number of aliphatic hydroxyl groups is 1. The van der Waals surface area contributed by atoms with Gasteiger partial charge in [-0.25, -0.2) is 24.0 Å². The topological polar surface area (TPSA) is 153 Å². The van der Waals surface area contributed by atoms with Crippen molar-refractivity contribution in [1.29, 1.82) is 0 Å². The lowest BCUT2D eigenvalue weighted by atomic mass is 10.1. The van der Waals surface area contributed by atoms with E-state index in [4.69, 9.17) is 26.4 Å². The second-order valence-corrected chi connectivity index (χ2v) is 16.7. The molecule has 290 valence electrons. The second kappa shape index (κ2) is 14.0. The Morgan fingerprint density at radius 2 is 1.36 bits per heavy atom. The van der Waals surface area contributed by atoms with Crippen LogP contribution in [0.1, 0.15) is 26.7 Å². The van der Waals surface area contributed by atoms with Gasteiger partial charge in [-0.05, 0) is 47.0 Å². The van der Waals surface area contributed by atoms with E-state index >= 15 is 0 Å². The first-order valence-corrected chi connectivity index (χ1v) is 20.4. The lowest BCUT2D eigenvalue weighted by Crippen LogP contribution is -2.24. The van der Waals surface area contributed by atoms with E-state index in [-0.39, 0.29) is 30.8 Å². The highest BCUT2D eigenvalue weighted by molar-refractivity contribution is 7.20. The minimum atomic E-state index is -0.216. The zero-order valence-corrected chi connectivity index (χ0v) is 33.8. The molecule has 0 atom stereocenters. The van der Waals surface area contributed by atoms with E-state index in [2.05, 4.69) is 15.2 Å². The summed E-state index contributed by atoms with van der Waals surface area (Å²) < 4.78 is 16.1. The lowest BCUT2D eigenvalue weighted by molar-refractivity contribution is 0.299. The van der Waals surface area contributed by atoms with Gasteiger partial charge in [-0.15, -0.1) is 22.7 Å². The van der Waals surface area contributed by atoms with Crippen molar-refractivity contribution in [2.75, 3.05) is 13.7 Å². The number of aromatic nitrogens is 10. The molecular weight excluding hydrogens is 796 g/mol. The van der Waals surface area contributed by atoms with Gasteiger partial charge >= 0.3 is 0 Å². The Morgan fingerprint density at radius 1 is 0.741 bits per heavy atom. The maximum absolute atomic E-state index is 13.9. The van der Waals surface area contributed by atoms with Gasteiger partial charge in [0.15, 0.2) is 11.3 Å². The summed E-state index contributed by atoms with van der Waals surface area (Å²) in [6.07, 6.45) is 6.39. The Morgan fingerprint density at radius 3 is 2.03 bits per heavy atom. The number of aliphatic hydroxyl groups excluding tert-OH is 1. The molecule has 0 saturated heterocycles. The van der Waals surface area contributed by atoms with Gasteiger partial charge in [0, 0.05) is 54.7 Å². The van der Waals surface area contributed by atoms with E-state index in [1.807, 2.05) is 88.6 Å². The Kier molecular flexibility index (Phi) is 8.74. The van der Waals surface area contributed by atoms with Crippen molar-refractivity contribution in [1.82, 2.24) is 48.4 Å². The molecular formula is C41H33ClN10O4S2. The first-order valence-electron chi connectivity index (χ1n) is 18.4. The number of aryl methyl sites for hydroxylation is 2. The van der Waals surface area contributed by atoms with Crippen LogP contribution in [0.15, 0.2) is 88.8 Å². The molecule has 0 unspecified atom stereocenters. The Hall–Kier alpha value is -6.20. The average molecular weight is 829 g/mol. The number of nitrogens with zero attached hydrogens (tertiary/aromatic N) is 10. The normalized spacial score (nSPS) is 12.0. The Balaban J connectivity index is 0.931. The van der Waals surface area contributed by atoms with E-state index in [9.17, 15) is 14.7 Å². The predicted molar refractivity (Wildman–Crippen MR) is 227 cm³/mol. The van der Waals surface area contributed by atoms with E-state index in [1.165, 1.54) is 20.7 Å². The van der Waals surface area contributed by atoms with Crippen LogP contribution in [0.3, 0.4) is 0 Å². The molecule has 10 aromatic rings. The first-order chi connectivity index (χ1) is 28.2. The first kappa shape index (κ1) is 36.2. The van der Waals surface area contributed by atoms with Crippen molar-refractivity contribution in [3.8, 4) is 11.4 Å². The van der Waals surface area contributed by atoms with Crippen LogP contribution in [0, 0.1) is 0 Å². The fraction of sp³-hybridized carbons (Fsp3) is 0.195. The van der Waals surface area contributed by atoms with E-state index in [0.717, 1.165) is 63.4 Å². The summed E-state index contributed by atoms with van der Waals surface area (Å²) in [5.74, 6) is 0.571. The van der Waals surface area contributed by atoms with Crippen molar-refractivity contribution in [3.05, 3.63) is 132 Å². The largest absolute Gasteiger partial charge is 0.494 e. The molecule has 0 saturated carbocycles. The number of fused-ring (bicyclic) bond motifs is 7. The van der Waals surface area contributed by atoms with Gasteiger partial charge in [0.05, 0.1) is 58.7 Å². The number of methoxy groups -OCH3 is 1. The highest BCUT2D eigenvalue weighted by atomic mass is 35.5. The van der Waals surface area contributed by atoms with Gasteiger partial charge in [-0.3, -0.25) is 9.59 Å². The molecule has 0 bridgehead atoms. The van der Waals surface area contributed by atoms with Gasteiger partial charge in [-0.2, -0.15) is 15.3 Å². The molecule has 0 fully saturated rings. The zero-order chi connectivity index (χ0) is 39.8. The number of hydrogen-bond acceptors (Lipinski definition) is 11. The van der Waals surface area contributed by atoms with Crippen LogP contribution in [0.2, 0.25) is 5.02 Å². The van der Waals surface area contributed by atoms with Crippen LogP contribution >= 0.6 is 34.3 Å². The standard InChI is InChI=1S/C41H33ClN10O4S2/c1-48-35-27(36-38(48)46-32(57-36)13-14-53)19-44-51(41(35)55)21-24-5-4-6-29-26(24)17-45-52(29)30-12-9-23(15-31(30)56-3)20-50-40(54)34-28(18-43-50)37-39(49(34)2)47-33(58-37)16-22-7-10-25(42)11-8-22/h4-12,15,17-19,53H,13-14,16,20-21H2,1-3H3. The molecule has 1 N–H and O–H groups in total. The summed E-state index contributed by atoms with van der Waals surface area (Å²) in [7, 11) is 5.30. The second-order valence-electron chi connectivity index (χ2n) is 14.1. The van der Waals surface area contributed by atoms with Crippen molar-refractivity contribution in [2.24, 2.45) is 14.1 Å². The summed E-state index contributed by atoms with van der Waals surface area (Å²) in [5, 5.41) is 28.1. The molecule has 0 amide bonds. The van der Waals surface area contributed by atoms with Crippen LogP contribution in [0.25, 0.3) is 59.1 Å². The van der Waals surface area contributed by atoms with Gasteiger partial charge in [-0.1, -0.05) is 41.9 Å². The van der Waals surface area contributed by atoms with Crippen molar-refractivity contribution < 1.29 is 9.84 Å². The lowest BCUT2D eigenvalue weighted by Gasteiger charge is -2.13. The summed E-state index contributed by atoms with van der Waals surface area (Å²) in [6.45, 7) is 0.484. The van der Waals surface area contributed by atoms with Crippen molar-refractivity contribution in [3.63, 3.8) is 0 Å². The molecule has 7 aromatic heterocycles. The van der Waals surface area contributed by atoms with Gasteiger partial charge in [0.25, 0.3) is 11.1 Å². The highest BCUT2D eigenvalue weighted by Crippen LogP contribution is 2.34. The quantitative estimate of drug-likeness (QED) is 0.169. The van der Waals surface area contributed by atoms with Crippen molar-refractivity contribution in [2.45, 2.75) is 25.9 Å². The smallest absolute Gasteiger partial charge is 0.291 e. The number of halogens is 1. The zero-order valence-electron chi connectivity index (χ0n) is 31.4. The number of benzene rings is 3. The molecule has 0 aliphatic rings. The van der Waals surface area contributed by atoms with Gasteiger partial charge in [0.1, 0.15) is 27.5 Å². The maximum atomic E-state index is 13.9. The molecule has 0 aliphatic heterocycles. The van der Waals surface area contributed by atoms with Gasteiger partial charge < -0.3 is 19.0 Å². The molecule has 0 spiro atoms. The van der Waals surface area contributed by atoms with E-state index in [1.54, 1.807) is 37.0 Å². The fourth-order valence-corrected chi connectivity index (χ4v) is 10.1. The monoisotopic (exact) mass is 828 g/mol. The third-order valence-corrected chi connectivity index (χ3v) is 13.0.